The summed E-state index contributed by atoms with van der Waals surface area (Å²) in [6.07, 6.45) is 0.935. The lowest BCUT2D eigenvalue weighted by Gasteiger charge is -2.09. The van der Waals surface area contributed by atoms with E-state index in [2.05, 4.69) is 10.0 Å². The van der Waals surface area contributed by atoms with Gasteiger partial charge in [-0.05, 0) is 48.4 Å². The molecule has 2 aromatic rings. The number of benzene rings is 2. The number of amides is 1. The second-order valence-electron chi connectivity index (χ2n) is 5.77. The number of nitrogens with one attached hydrogen (secondary N) is 2. The molecule has 0 atom stereocenters. The molecule has 0 aliphatic carbocycles. The Morgan fingerprint density at radius 3 is 2.00 bits per heavy atom. The maximum Gasteiger partial charge on any atom is 0.240 e. The fraction of sp³-hybridized carbons (Fsp3) is 0.316. The third-order valence-corrected chi connectivity index (χ3v) is 5.39. The van der Waals surface area contributed by atoms with Gasteiger partial charge in [0.1, 0.15) is 11.5 Å². The van der Waals surface area contributed by atoms with Crippen molar-refractivity contribution in [1.29, 1.82) is 0 Å². The summed E-state index contributed by atoms with van der Waals surface area (Å²) in [6.45, 7) is 0.333. The van der Waals surface area contributed by atoms with E-state index in [4.69, 9.17) is 9.47 Å². The summed E-state index contributed by atoms with van der Waals surface area (Å²) in [4.78, 5) is 12.0. The minimum Gasteiger partial charge on any atom is -0.497 e. The standard InChI is InChI=1S/C19H24N2O5S/c1-25-16-6-3-15(4-7-16)5-12-19(22)20-13-14-21-27(23,24)18-10-8-17(26-2)9-11-18/h3-4,6-11,21H,5,12-14H2,1-2H3,(H,20,22). The molecule has 1 amide bonds. The van der Waals surface area contributed by atoms with Crippen LogP contribution in [0.4, 0.5) is 0 Å². The summed E-state index contributed by atoms with van der Waals surface area (Å²) in [6, 6.07) is 13.6. The summed E-state index contributed by atoms with van der Waals surface area (Å²) < 4.78 is 36.9. The summed E-state index contributed by atoms with van der Waals surface area (Å²) in [5.74, 6) is 1.22. The third kappa shape index (κ3) is 6.58. The second kappa shape index (κ2) is 9.94. The van der Waals surface area contributed by atoms with Crippen molar-refractivity contribution in [1.82, 2.24) is 10.0 Å². The van der Waals surface area contributed by atoms with Crippen molar-refractivity contribution in [2.24, 2.45) is 0 Å². The van der Waals surface area contributed by atoms with Gasteiger partial charge in [-0.25, -0.2) is 13.1 Å². The smallest absolute Gasteiger partial charge is 0.240 e. The number of aryl methyl sites for hydroxylation is 1. The molecule has 0 aliphatic rings. The largest absolute Gasteiger partial charge is 0.497 e. The van der Waals surface area contributed by atoms with Crippen molar-refractivity contribution >= 4 is 15.9 Å². The van der Waals surface area contributed by atoms with Gasteiger partial charge in [-0.2, -0.15) is 0 Å². The van der Waals surface area contributed by atoms with Crippen LogP contribution in [0.25, 0.3) is 0 Å². The predicted octanol–water partition coefficient (Wildman–Crippen LogP) is 1.73. The summed E-state index contributed by atoms with van der Waals surface area (Å²) >= 11 is 0. The maximum absolute atomic E-state index is 12.2. The van der Waals surface area contributed by atoms with E-state index in [1.807, 2.05) is 24.3 Å². The topological polar surface area (TPSA) is 93.7 Å². The van der Waals surface area contributed by atoms with E-state index in [1.54, 1.807) is 19.2 Å². The van der Waals surface area contributed by atoms with Crippen LogP contribution >= 0.6 is 0 Å². The molecule has 0 unspecified atom stereocenters. The Morgan fingerprint density at radius 1 is 0.889 bits per heavy atom. The van der Waals surface area contributed by atoms with Gasteiger partial charge in [-0.3, -0.25) is 4.79 Å². The lowest BCUT2D eigenvalue weighted by molar-refractivity contribution is -0.121. The minimum absolute atomic E-state index is 0.114. The Kier molecular flexibility index (Phi) is 7.63. The predicted molar refractivity (Wildman–Crippen MR) is 103 cm³/mol. The molecule has 146 valence electrons. The monoisotopic (exact) mass is 392 g/mol. The molecule has 0 spiro atoms. The number of rotatable bonds is 10. The van der Waals surface area contributed by atoms with E-state index in [0.29, 0.717) is 18.6 Å². The van der Waals surface area contributed by atoms with Crippen LogP contribution in [-0.2, 0) is 21.2 Å². The van der Waals surface area contributed by atoms with E-state index in [1.165, 1.54) is 19.2 Å². The maximum atomic E-state index is 12.2. The van der Waals surface area contributed by atoms with Crippen LogP contribution < -0.4 is 19.5 Å². The van der Waals surface area contributed by atoms with Gasteiger partial charge in [0.15, 0.2) is 0 Å². The molecule has 2 rings (SSSR count). The molecule has 0 radical (unpaired) electrons. The van der Waals surface area contributed by atoms with Crippen molar-refractivity contribution in [2.45, 2.75) is 17.7 Å². The zero-order chi connectivity index (χ0) is 19.7. The molecule has 27 heavy (non-hydrogen) atoms. The van der Waals surface area contributed by atoms with Crippen LogP contribution in [-0.4, -0.2) is 41.6 Å². The number of carbonyl (C=O) groups is 1. The molecular weight excluding hydrogens is 368 g/mol. The first kappa shape index (κ1) is 20.7. The lowest BCUT2D eigenvalue weighted by atomic mass is 10.1. The van der Waals surface area contributed by atoms with Gasteiger partial charge in [0, 0.05) is 19.5 Å². The molecule has 0 saturated heterocycles. The van der Waals surface area contributed by atoms with Crippen LogP contribution in [0.3, 0.4) is 0 Å². The minimum atomic E-state index is -3.61. The molecule has 2 aromatic carbocycles. The van der Waals surface area contributed by atoms with Crippen LogP contribution in [0, 0.1) is 0 Å². The normalized spacial score (nSPS) is 11.0. The van der Waals surface area contributed by atoms with Gasteiger partial charge in [-0.15, -0.1) is 0 Å². The van der Waals surface area contributed by atoms with Gasteiger partial charge in [0.25, 0.3) is 0 Å². The molecule has 0 aliphatic heterocycles. The van der Waals surface area contributed by atoms with Crippen LogP contribution in [0.2, 0.25) is 0 Å². The zero-order valence-electron chi connectivity index (χ0n) is 15.4. The van der Waals surface area contributed by atoms with Gasteiger partial charge in [0.2, 0.25) is 15.9 Å². The van der Waals surface area contributed by atoms with Crippen molar-refractivity contribution in [2.75, 3.05) is 27.3 Å². The van der Waals surface area contributed by atoms with Gasteiger partial charge in [0.05, 0.1) is 19.1 Å². The Hall–Kier alpha value is -2.58. The summed E-state index contributed by atoms with van der Waals surface area (Å²) in [5.41, 5.74) is 1.03. The van der Waals surface area contributed by atoms with E-state index < -0.39 is 10.0 Å². The SMILES string of the molecule is COc1ccc(CCC(=O)NCCNS(=O)(=O)c2ccc(OC)cc2)cc1. The molecule has 8 heteroatoms. The second-order valence-corrected chi connectivity index (χ2v) is 7.54. The fourth-order valence-electron chi connectivity index (χ4n) is 2.36. The first-order chi connectivity index (χ1) is 12.9. The Labute approximate surface area is 159 Å². The quantitative estimate of drug-likeness (QED) is 0.601. The fourth-order valence-corrected chi connectivity index (χ4v) is 3.40. The molecule has 0 fully saturated rings. The first-order valence-corrected chi connectivity index (χ1v) is 9.96. The number of sulfonamides is 1. The highest BCUT2D eigenvalue weighted by molar-refractivity contribution is 7.89. The van der Waals surface area contributed by atoms with Crippen LogP contribution in [0.15, 0.2) is 53.4 Å². The van der Waals surface area contributed by atoms with Crippen LogP contribution in [0.5, 0.6) is 11.5 Å². The van der Waals surface area contributed by atoms with Crippen molar-refractivity contribution < 1.29 is 22.7 Å². The average Bonchev–Trinajstić information content (AvgIpc) is 2.70. The van der Waals surface area contributed by atoms with Gasteiger partial charge in [-0.1, -0.05) is 12.1 Å². The molecular formula is C19H24N2O5S. The number of methoxy groups -OCH3 is 2. The molecule has 0 aromatic heterocycles. The number of ether oxygens (including phenoxy) is 2. The van der Waals surface area contributed by atoms with Gasteiger partial charge >= 0.3 is 0 Å². The van der Waals surface area contributed by atoms with E-state index in [-0.39, 0.29) is 23.9 Å². The van der Waals surface area contributed by atoms with Crippen molar-refractivity contribution in [3.63, 3.8) is 0 Å². The highest BCUT2D eigenvalue weighted by atomic mass is 32.2. The van der Waals surface area contributed by atoms with E-state index in [9.17, 15) is 13.2 Å². The summed E-state index contributed by atoms with van der Waals surface area (Å²) in [7, 11) is -0.498. The Morgan fingerprint density at radius 2 is 1.44 bits per heavy atom. The van der Waals surface area contributed by atoms with Crippen molar-refractivity contribution in [3.8, 4) is 11.5 Å². The van der Waals surface area contributed by atoms with E-state index >= 15 is 0 Å². The van der Waals surface area contributed by atoms with E-state index in [0.717, 1.165) is 11.3 Å². The molecule has 2 N–H and O–H groups in total. The molecule has 7 nitrogen and oxygen atoms in total. The van der Waals surface area contributed by atoms with Gasteiger partial charge < -0.3 is 14.8 Å². The number of carbonyl (C=O) groups excluding carboxylic acids is 1. The third-order valence-electron chi connectivity index (χ3n) is 3.91. The number of hydrogen-bond donors (Lipinski definition) is 2. The first-order valence-electron chi connectivity index (χ1n) is 8.48. The zero-order valence-corrected chi connectivity index (χ0v) is 16.2. The molecule has 0 saturated carbocycles. The van der Waals surface area contributed by atoms with Crippen LogP contribution in [0.1, 0.15) is 12.0 Å². The Bertz CT molecular complexity index is 833. The molecule has 0 bridgehead atoms. The average molecular weight is 392 g/mol. The van der Waals surface area contributed by atoms with Crippen molar-refractivity contribution in [3.05, 3.63) is 54.1 Å². The number of hydrogen-bond acceptors (Lipinski definition) is 5. The highest BCUT2D eigenvalue weighted by Gasteiger charge is 2.13. The lowest BCUT2D eigenvalue weighted by Crippen LogP contribution is -2.34. The summed E-state index contributed by atoms with van der Waals surface area (Å²) in [5, 5.41) is 2.71. The Balaban J connectivity index is 1.70. The highest BCUT2D eigenvalue weighted by Crippen LogP contribution is 2.15. The molecule has 0 heterocycles.